The molecule has 0 aliphatic carbocycles. The minimum atomic E-state index is 0.0620. The Morgan fingerprint density at radius 2 is 2.00 bits per heavy atom. The number of nitrogens with zero attached hydrogens (tertiary/aromatic N) is 2. The zero-order chi connectivity index (χ0) is 14.7. The van der Waals surface area contributed by atoms with Gasteiger partial charge in [0.05, 0.1) is 6.33 Å². The van der Waals surface area contributed by atoms with E-state index >= 15 is 0 Å². The Bertz CT molecular complexity index is 598. The van der Waals surface area contributed by atoms with E-state index < -0.39 is 0 Å². The molecule has 1 aliphatic heterocycles. The molecule has 4 heteroatoms. The largest absolute Gasteiger partial charge is 0.348 e. The Kier molecular flexibility index (Phi) is 4.04. The van der Waals surface area contributed by atoms with Crippen molar-refractivity contribution in [1.82, 2.24) is 14.9 Å². The highest BCUT2D eigenvalue weighted by atomic mass is 16.2. The fourth-order valence-corrected chi connectivity index (χ4v) is 3.01. The summed E-state index contributed by atoms with van der Waals surface area (Å²) in [5.74, 6) is 0.739. The van der Waals surface area contributed by atoms with E-state index in [0.29, 0.717) is 11.6 Å². The summed E-state index contributed by atoms with van der Waals surface area (Å²) in [5.41, 5.74) is 2.81. The number of hydrogen-bond acceptors (Lipinski definition) is 2. The average molecular weight is 283 g/mol. The van der Waals surface area contributed by atoms with Crippen LogP contribution < -0.4 is 0 Å². The molecule has 1 fully saturated rings. The first-order valence-electron chi connectivity index (χ1n) is 7.57. The molecular formula is C17H21N3O. The van der Waals surface area contributed by atoms with Gasteiger partial charge in [-0.1, -0.05) is 30.3 Å². The predicted octanol–water partition coefficient (Wildman–Crippen LogP) is 2.81. The third-order valence-corrected chi connectivity index (χ3v) is 4.30. The molecule has 0 radical (unpaired) electrons. The van der Waals surface area contributed by atoms with Crippen molar-refractivity contribution in [2.75, 3.05) is 13.1 Å². The lowest BCUT2D eigenvalue weighted by Gasteiger charge is -2.31. The van der Waals surface area contributed by atoms with Crippen LogP contribution in [0.3, 0.4) is 0 Å². The highest BCUT2D eigenvalue weighted by molar-refractivity contribution is 5.93. The van der Waals surface area contributed by atoms with Gasteiger partial charge in [0.2, 0.25) is 0 Å². The lowest BCUT2D eigenvalue weighted by Crippen LogP contribution is -2.39. The predicted molar refractivity (Wildman–Crippen MR) is 82.1 cm³/mol. The van der Waals surface area contributed by atoms with E-state index in [-0.39, 0.29) is 5.91 Å². The fraction of sp³-hybridized carbons (Fsp3) is 0.412. The van der Waals surface area contributed by atoms with Crippen molar-refractivity contribution in [3.05, 3.63) is 53.6 Å². The maximum Gasteiger partial charge on any atom is 0.274 e. The normalized spacial score (nSPS) is 16.1. The second kappa shape index (κ2) is 6.12. The molecule has 0 unspecified atom stereocenters. The van der Waals surface area contributed by atoms with E-state index in [2.05, 4.69) is 40.3 Å². The number of hydrogen-bond donors (Lipinski definition) is 1. The van der Waals surface area contributed by atoms with Gasteiger partial charge in [-0.2, -0.15) is 0 Å². The molecule has 1 amide bonds. The maximum absolute atomic E-state index is 12.4. The van der Waals surface area contributed by atoms with Gasteiger partial charge in [0.15, 0.2) is 0 Å². The van der Waals surface area contributed by atoms with Gasteiger partial charge in [0.25, 0.3) is 5.91 Å². The Balaban J connectivity index is 1.56. The zero-order valence-corrected chi connectivity index (χ0v) is 12.4. The average Bonchev–Trinajstić information content (AvgIpc) is 2.94. The first-order chi connectivity index (χ1) is 10.2. The molecule has 1 aromatic heterocycles. The monoisotopic (exact) mass is 283 g/mol. The van der Waals surface area contributed by atoms with Crippen molar-refractivity contribution < 1.29 is 4.79 Å². The summed E-state index contributed by atoms with van der Waals surface area (Å²) in [7, 11) is 0. The number of likely N-dealkylation sites (tertiary alicyclic amines) is 1. The molecule has 110 valence electrons. The molecule has 0 atom stereocenters. The number of aromatic amines is 1. The van der Waals surface area contributed by atoms with Crippen LogP contribution in [0, 0.1) is 12.8 Å². The quantitative estimate of drug-likeness (QED) is 0.941. The van der Waals surface area contributed by atoms with E-state index in [1.54, 1.807) is 6.33 Å². The molecule has 4 nitrogen and oxygen atoms in total. The SMILES string of the molecule is Cc1[nH]cnc1C(=O)N1CCC(Cc2ccccc2)CC1. The smallest absolute Gasteiger partial charge is 0.274 e. The number of aromatic nitrogens is 2. The van der Waals surface area contributed by atoms with Crippen molar-refractivity contribution >= 4 is 5.91 Å². The Morgan fingerprint density at radius 3 is 2.62 bits per heavy atom. The van der Waals surface area contributed by atoms with Crippen molar-refractivity contribution in [2.24, 2.45) is 5.92 Å². The second-order valence-electron chi connectivity index (χ2n) is 5.80. The number of benzene rings is 1. The number of carbonyl (C=O) groups is 1. The third-order valence-electron chi connectivity index (χ3n) is 4.30. The summed E-state index contributed by atoms with van der Waals surface area (Å²) >= 11 is 0. The Hall–Kier alpha value is -2.10. The van der Waals surface area contributed by atoms with E-state index in [9.17, 15) is 4.79 Å². The lowest BCUT2D eigenvalue weighted by atomic mass is 9.90. The molecule has 0 bridgehead atoms. The van der Waals surface area contributed by atoms with Crippen LogP contribution in [-0.2, 0) is 6.42 Å². The van der Waals surface area contributed by atoms with Gasteiger partial charge in [-0.15, -0.1) is 0 Å². The van der Waals surface area contributed by atoms with E-state index in [1.807, 2.05) is 11.8 Å². The molecule has 1 saturated heterocycles. The molecule has 0 spiro atoms. The van der Waals surface area contributed by atoms with Gasteiger partial charge in [-0.25, -0.2) is 4.98 Å². The summed E-state index contributed by atoms with van der Waals surface area (Å²) in [5, 5.41) is 0. The number of nitrogens with one attached hydrogen (secondary N) is 1. The van der Waals surface area contributed by atoms with Crippen LogP contribution in [0.2, 0.25) is 0 Å². The minimum absolute atomic E-state index is 0.0620. The van der Waals surface area contributed by atoms with Gasteiger partial charge < -0.3 is 9.88 Å². The Labute approximate surface area is 125 Å². The van der Waals surface area contributed by atoms with Gasteiger partial charge in [-0.3, -0.25) is 4.79 Å². The summed E-state index contributed by atoms with van der Waals surface area (Å²) in [4.78, 5) is 21.4. The van der Waals surface area contributed by atoms with Gasteiger partial charge >= 0.3 is 0 Å². The van der Waals surface area contributed by atoms with Crippen molar-refractivity contribution in [3.8, 4) is 0 Å². The molecule has 0 saturated carbocycles. The van der Waals surface area contributed by atoms with Gasteiger partial charge in [0, 0.05) is 18.8 Å². The van der Waals surface area contributed by atoms with Crippen LogP contribution >= 0.6 is 0 Å². The lowest BCUT2D eigenvalue weighted by molar-refractivity contribution is 0.0684. The molecular weight excluding hydrogens is 262 g/mol. The first kappa shape index (κ1) is 13.9. The molecule has 1 aliphatic rings. The molecule has 1 N–H and O–H groups in total. The zero-order valence-electron chi connectivity index (χ0n) is 12.4. The maximum atomic E-state index is 12.4. The highest BCUT2D eigenvalue weighted by Gasteiger charge is 2.25. The minimum Gasteiger partial charge on any atom is -0.348 e. The van der Waals surface area contributed by atoms with Crippen LogP contribution in [0.1, 0.15) is 34.6 Å². The van der Waals surface area contributed by atoms with Crippen LogP contribution in [0.15, 0.2) is 36.7 Å². The second-order valence-corrected chi connectivity index (χ2v) is 5.80. The van der Waals surface area contributed by atoms with Crippen LogP contribution in [0.25, 0.3) is 0 Å². The van der Waals surface area contributed by atoms with E-state index in [0.717, 1.165) is 38.0 Å². The third kappa shape index (κ3) is 3.15. The van der Waals surface area contributed by atoms with E-state index in [1.165, 1.54) is 5.56 Å². The Morgan fingerprint density at radius 1 is 1.29 bits per heavy atom. The topological polar surface area (TPSA) is 49.0 Å². The number of H-pyrrole nitrogens is 1. The summed E-state index contributed by atoms with van der Waals surface area (Å²) in [6.07, 6.45) is 4.85. The van der Waals surface area contributed by atoms with Crippen LogP contribution in [-0.4, -0.2) is 33.9 Å². The first-order valence-corrected chi connectivity index (χ1v) is 7.57. The number of amides is 1. The standard InChI is InChI=1S/C17H21N3O/c1-13-16(19-12-18-13)17(21)20-9-7-15(8-10-20)11-14-5-3-2-4-6-14/h2-6,12,15H,7-11H2,1H3,(H,18,19). The number of piperidine rings is 1. The fourth-order valence-electron chi connectivity index (χ4n) is 3.01. The van der Waals surface area contributed by atoms with Gasteiger partial charge in [0.1, 0.15) is 5.69 Å². The van der Waals surface area contributed by atoms with Crippen molar-refractivity contribution in [1.29, 1.82) is 0 Å². The molecule has 21 heavy (non-hydrogen) atoms. The number of carbonyl (C=O) groups excluding carboxylic acids is 1. The summed E-state index contributed by atoms with van der Waals surface area (Å²) in [6, 6.07) is 10.6. The van der Waals surface area contributed by atoms with Gasteiger partial charge in [-0.05, 0) is 37.7 Å². The van der Waals surface area contributed by atoms with Crippen molar-refractivity contribution in [3.63, 3.8) is 0 Å². The number of aryl methyl sites for hydroxylation is 1. The van der Waals surface area contributed by atoms with Crippen LogP contribution in [0.5, 0.6) is 0 Å². The van der Waals surface area contributed by atoms with Crippen LogP contribution in [0.4, 0.5) is 0 Å². The summed E-state index contributed by atoms with van der Waals surface area (Å²) in [6.45, 7) is 3.56. The molecule has 2 aromatic rings. The number of rotatable bonds is 3. The van der Waals surface area contributed by atoms with E-state index in [4.69, 9.17) is 0 Å². The molecule has 3 rings (SSSR count). The molecule has 1 aromatic carbocycles. The number of imidazole rings is 1. The molecule has 2 heterocycles. The highest BCUT2D eigenvalue weighted by Crippen LogP contribution is 2.22. The summed E-state index contributed by atoms with van der Waals surface area (Å²) < 4.78 is 0. The van der Waals surface area contributed by atoms with Crippen molar-refractivity contribution in [2.45, 2.75) is 26.2 Å².